The van der Waals surface area contributed by atoms with Gasteiger partial charge in [0, 0.05) is 37.6 Å². The molecule has 0 bridgehead atoms. The molecule has 0 spiro atoms. The minimum atomic E-state index is 0.359. The Hall–Kier alpha value is -2.42. The van der Waals surface area contributed by atoms with E-state index < -0.39 is 0 Å². The summed E-state index contributed by atoms with van der Waals surface area (Å²) in [5.74, 6) is 0.504. The fourth-order valence-electron chi connectivity index (χ4n) is 4.40. The van der Waals surface area contributed by atoms with E-state index in [-0.39, 0.29) is 0 Å². The number of likely N-dealkylation sites (tertiary alicyclic amines) is 1. The van der Waals surface area contributed by atoms with Gasteiger partial charge in [-0.05, 0) is 30.0 Å². The van der Waals surface area contributed by atoms with Gasteiger partial charge in [-0.25, -0.2) is 0 Å². The summed E-state index contributed by atoms with van der Waals surface area (Å²) in [6, 6.07) is 33.5. The van der Waals surface area contributed by atoms with Crippen molar-refractivity contribution in [2.75, 3.05) is 13.1 Å². The first-order chi connectivity index (χ1) is 13.8. The van der Waals surface area contributed by atoms with Crippen molar-refractivity contribution in [1.82, 2.24) is 10.2 Å². The Morgan fingerprint density at radius 2 is 1.46 bits per heavy atom. The number of nitrogens with zero attached hydrogens (tertiary/aromatic N) is 1. The number of hydrogen-bond donors (Lipinski definition) is 1. The van der Waals surface area contributed by atoms with Crippen LogP contribution in [-0.2, 0) is 6.54 Å². The zero-order valence-electron chi connectivity index (χ0n) is 16.7. The van der Waals surface area contributed by atoms with Gasteiger partial charge in [0.15, 0.2) is 0 Å². The van der Waals surface area contributed by atoms with Gasteiger partial charge in [-0.3, -0.25) is 4.90 Å². The van der Waals surface area contributed by atoms with Crippen LogP contribution in [0.2, 0.25) is 0 Å². The minimum absolute atomic E-state index is 0.359. The molecule has 1 fully saturated rings. The molecule has 1 heterocycles. The van der Waals surface area contributed by atoms with Gasteiger partial charge >= 0.3 is 0 Å². The first-order valence-corrected chi connectivity index (χ1v) is 10.4. The van der Waals surface area contributed by atoms with Crippen LogP contribution in [0.1, 0.15) is 42.0 Å². The summed E-state index contributed by atoms with van der Waals surface area (Å²) in [7, 11) is 0. The Bertz CT molecular complexity index is 832. The first-order valence-electron chi connectivity index (χ1n) is 10.4. The van der Waals surface area contributed by atoms with E-state index in [0.717, 1.165) is 19.6 Å². The highest BCUT2D eigenvalue weighted by Crippen LogP contribution is 2.30. The van der Waals surface area contributed by atoms with E-state index in [1.54, 1.807) is 0 Å². The summed E-state index contributed by atoms with van der Waals surface area (Å²) in [6.07, 6.45) is 1.17. The lowest BCUT2D eigenvalue weighted by molar-refractivity contribution is 0.162. The van der Waals surface area contributed by atoms with Crippen molar-refractivity contribution < 1.29 is 0 Å². The van der Waals surface area contributed by atoms with Gasteiger partial charge < -0.3 is 5.32 Å². The summed E-state index contributed by atoms with van der Waals surface area (Å²) in [5.41, 5.74) is 4.21. The van der Waals surface area contributed by atoms with E-state index in [2.05, 4.69) is 108 Å². The van der Waals surface area contributed by atoms with Crippen LogP contribution in [0, 0.1) is 0 Å². The monoisotopic (exact) mass is 370 g/mol. The van der Waals surface area contributed by atoms with Gasteiger partial charge in [-0.15, -0.1) is 0 Å². The largest absolute Gasteiger partial charge is 0.307 e. The summed E-state index contributed by atoms with van der Waals surface area (Å²) in [6.45, 7) is 5.55. The molecule has 3 aromatic carbocycles. The second-order valence-electron chi connectivity index (χ2n) is 7.93. The summed E-state index contributed by atoms with van der Waals surface area (Å²) >= 11 is 0. The van der Waals surface area contributed by atoms with Crippen molar-refractivity contribution in [3.05, 3.63) is 108 Å². The molecule has 0 aromatic heterocycles. The second kappa shape index (κ2) is 9.18. The number of piperidine rings is 1. The van der Waals surface area contributed by atoms with Gasteiger partial charge in [-0.1, -0.05) is 91.0 Å². The van der Waals surface area contributed by atoms with E-state index >= 15 is 0 Å². The SMILES string of the molecule is C[C@H](N[C@@H]1CCN(Cc2ccccc2)C[C@H]1c1ccccc1)c1ccccc1. The van der Waals surface area contributed by atoms with Crippen LogP contribution in [0.25, 0.3) is 0 Å². The second-order valence-corrected chi connectivity index (χ2v) is 7.93. The molecule has 28 heavy (non-hydrogen) atoms. The summed E-state index contributed by atoms with van der Waals surface area (Å²) in [5, 5.41) is 3.94. The van der Waals surface area contributed by atoms with E-state index in [9.17, 15) is 0 Å². The fourth-order valence-corrected chi connectivity index (χ4v) is 4.40. The lowest BCUT2D eigenvalue weighted by Crippen LogP contribution is -2.48. The van der Waals surface area contributed by atoms with Crippen molar-refractivity contribution in [2.45, 2.75) is 37.9 Å². The fraction of sp³-hybridized carbons (Fsp3) is 0.308. The van der Waals surface area contributed by atoms with Gasteiger partial charge in [0.25, 0.3) is 0 Å². The number of benzene rings is 3. The highest BCUT2D eigenvalue weighted by molar-refractivity contribution is 5.24. The quantitative estimate of drug-likeness (QED) is 0.625. The maximum absolute atomic E-state index is 3.94. The predicted molar refractivity (Wildman–Crippen MR) is 117 cm³/mol. The molecule has 4 rings (SSSR count). The first kappa shape index (κ1) is 18.9. The number of nitrogens with one attached hydrogen (secondary N) is 1. The van der Waals surface area contributed by atoms with Crippen molar-refractivity contribution in [3.8, 4) is 0 Å². The Labute approximate surface area is 169 Å². The standard InChI is InChI=1S/C26H30N2/c1-21(23-13-7-3-8-14-23)27-26-17-18-28(19-22-11-5-2-6-12-22)20-25(26)24-15-9-4-10-16-24/h2-16,21,25-27H,17-20H2,1H3/t21-,25-,26+/m0/s1. The lowest BCUT2D eigenvalue weighted by atomic mass is 9.85. The third kappa shape index (κ3) is 4.70. The summed E-state index contributed by atoms with van der Waals surface area (Å²) in [4.78, 5) is 2.61. The van der Waals surface area contributed by atoms with Crippen LogP contribution in [0.4, 0.5) is 0 Å². The number of rotatable bonds is 6. The Morgan fingerprint density at radius 3 is 2.14 bits per heavy atom. The zero-order valence-corrected chi connectivity index (χ0v) is 16.7. The van der Waals surface area contributed by atoms with Crippen LogP contribution < -0.4 is 5.32 Å². The average molecular weight is 371 g/mol. The van der Waals surface area contributed by atoms with Gasteiger partial charge in [0.05, 0.1) is 0 Å². The Morgan fingerprint density at radius 1 is 0.857 bits per heavy atom. The normalized spacial score (nSPS) is 21.3. The molecule has 0 amide bonds. The highest BCUT2D eigenvalue weighted by Gasteiger charge is 2.31. The van der Waals surface area contributed by atoms with Gasteiger partial charge in [0.1, 0.15) is 0 Å². The Kier molecular flexibility index (Phi) is 6.20. The predicted octanol–water partition coefficient (Wildman–Crippen LogP) is 5.40. The molecule has 144 valence electrons. The van der Waals surface area contributed by atoms with Crippen LogP contribution >= 0.6 is 0 Å². The molecule has 1 aliphatic heterocycles. The lowest BCUT2D eigenvalue weighted by Gasteiger charge is -2.40. The molecule has 1 saturated heterocycles. The molecule has 0 aliphatic carbocycles. The van der Waals surface area contributed by atoms with Crippen LogP contribution in [0.3, 0.4) is 0 Å². The van der Waals surface area contributed by atoms with E-state index in [0.29, 0.717) is 18.0 Å². The third-order valence-electron chi connectivity index (χ3n) is 5.94. The molecule has 3 atom stereocenters. The van der Waals surface area contributed by atoms with Crippen LogP contribution in [0.5, 0.6) is 0 Å². The maximum atomic E-state index is 3.94. The molecule has 0 radical (unpaired) electrons. The van der Waals surface area contributed by atoms with E-state index in [1.807, 2.05) is 0 Å². The van der Waals surface area contributed by atoms with Crippen molar-refractivity contribution in [3.63, 3.8) is 0 Å². The van der Waals surface area contributed by atoms with E-state index in [4.69, 9.17) is 0 Å². The minimum Gasteiger partial charge on any atom is -0.307 e. The van der Waals surface area contributed by atoms with Crippen molar-refractivity contribution in [2.24, 2.45) is 0 Å². The topological polar surface area (TPSA) is 15.3 Å². The van der Waals surface area contributed by atoms with Crippen molar-refractivity contribution in [1.29, 1.82) is 0 Å². The molecular weight excluding hydrogens is 340 g/mol. The average Bonchev–Trinajstić information content (AvgIpc) is 2.77. The molecule has 1 N–H and O–H groups in total. The molecule has 2 nitrogen and oxygen atoms in total. The molecule has 0 unspecified atom stereocenters. The smallest absolute Gasteiger partial charge is 0.0294 e. The van der Waals surface area contributed by atoms with Crippen LogP contribution in [0.15, 0.2) is 91.0 Å². The van der Waals surface area contributed by atoms with Crippen LogP contribution in [-0.4, -0.2) is 24.0 Å². The molecule has 1 aliphatic rings. The maximum Gasteiger partial charge on any atom is 0.0294 e. The van der Waals surface area contributed by atoms with Gasteiger partial charge in [-0.2, -0.15) is 0 Å². The zero-order chi connectivity index (χ0) is 19.2. The summed E-state index contributed by atoms with van der Waals surface area (Å²) < 4.78 is 0. The Balaban J connectivity index is 1.50. The third-order valence-corrected chi connectivity index (χ3v) is 5.94. The van der Waals surface area contributed by atoms with Crippen molar-refractivity contribution >= 4 is 0 Å². The molecular formula is C26H30N2. The molecule has 0 saturated carbocycles. The van der Waals surface area contributed by atoms with E-state index in [1.165, 1.54) is 23.1 Å². The number of hydrogen-bond acceptors (Lipinski definition) is 2. The van der Waals surface area contributed by atoms with Gasteiger partial charge in [0.2, 0.25) is 0 Å². The highest BCUT2D eigenvalue weighted by atomic mass is 15.2. The molecule has 3 aromatic rings. The molecule has 2 heteroatoms.